The number of aromatic nitrogens is 2. The van der Waals surface area contributed by atoms with E-state index in [2.05, 4.69) is 29.1 Å². The molecule has 0 fully saturated rings. The van der Waals surface area contributed by atoms with Crippen LogP contribution in [0.5, 0.6) is 0 Å². The minimum absolute atomic E-state index is 0.254. The number of hydrogen-bond donors (Lipinski definition) is 1. The fourth-order valence-corrected chi connectivity index (χ4v) is 2.90. The molecule has 0 aliphatic rings. The fraction of sp³-hybridized carbons (Fsp3) is 0.500. The van der Waals surface area contributed by atoms with E-state index in [4.69, 9.17) is 0 Å². The molecule has 0 aliphatic carbocycles. The summed E-state index contributed by atoms with van der Waals surface area (Å²) in [5.41, 5.74) is 0.796. The number of hydrogen-bond acceptors (Lipinski definition) is 4. The summed E-state index contributed by atoms with van der Waals surface area (Å²) >= 11 is 1.66. The van der Waals surface area contributed by atoms with E-state index < -0.39 is 0 Å². The van der Waals surface area contributed by atoms with E-state index >= 15 is 0 Å². The molecule has 0 aliphatic heterocycles. The number of benzene rings is 1. The molecule has 0 unspecified atom stereocenters. The quantitative estimate of drug-likeness (QED) is 0.429. The molecule has 1 aromatic carbocycles. The van der Waals surface area contributed by atoms with Gasteiger partial charge in [-0.05, 0) is 31.0 Å². The molecule has 5 heteroatoms. The van der Waals surface area contributed by atoms with E-state index in [-0.39, 0.29) is 5.82 Å². The monoisotopic (exact) mass is 307 g/mol. The van der Waals surface area contributed by atoms with E-state index in [0.29, 0.717) is 0 Å². The summed E-state index contributed by atoms with van der Waals surface area (Å²) < 4.78 is 13.5. The number of thioether (sulfide) groups is 1. The van der Waals surface area contributed by atoms with E-state index in [0.717, 1.165) is 59.9 Å². The van der Waals surface area contributed by atoms with Gasteiger partial charge in [-0.3, -0.25) is 0 Å². The van der Waals surface area contributed by atoms with Crippen LogP contribution in [0.2, 0.25) is 0 Å². The third kappa shape index (κ3) is 4.56. The molecule has 1 aromatic heterocycles. The molecule has 0 spiro atoms. The molecular formula is C16H22FN3S. The van der Waals surface area contributed by atoms with Crippen LogP contribution in [0.15, 0.2) is 23.4 Å². The molecule has 0 saturated carbocycles. The highest BCUT2D eigenvalue weighted by Gasteiger charge is 2.09. The van der Waals surface area contributed by atoms with Crippen molar-refractivity contribution in [3.63, 3.8) is 0 Å². The van der Waals surface area contributed by atoms with Gasteiger partial charge in [-0.2, -0.15) is 0 Å². The Morgan fingerprint density at radius 1 is 1.14 bits per heavy atom. The number of nitrogens with one attached hydrogen (secondary N) is 1. The minimum Gasteiger partial charge on any atom is -0.369 e. The van der Waals surface area contributed by atoms with Gasteiger partial charge in [0.1, 0.15) is 11.6 Å². The van der Waals surface area contributed by atoms with Crippen molar-refractivity contribution < 1.29 is 4.39 Å². The lowest BCUT2D eigenvalue weighted by molar-refractivity contribution is 0.629. The zero-order valence-corrected chi connectivity index (χ0v) is 13.5. The van der Waals surface area contributed by atoms with Gasteiger partial charge in [0.05, 0.1) is 5.52 Å². The standard InChI is InChI=1S/C16H22FN3S/c1-3-5-9-18-15-13-11-12(17)7-8-14(13)19-16(20-15)21-10-6-4-2/h7-8,11H,3-6,9-10H2,1-2H3,(H,18,19,20). The van der Waals surface area contributed by atoms with Crippen molar-refractivity contribution in [3.05, 3.63) is 24.0 Å². The molecule has 0 saturated heterocycles. The Morgan fingerprint density at radius 3 is 2.71 bits per heavy atom. The molecule has 0 amide bonds. The van der Waals surface area contributed by atoms with Crippen LogP contribution < -0.4 is 5.32 Å². The van der Waals surface area contributed by atoms with Crippen molar-refractivity contribution in [1.29, 1.82) is 0 Å². The topological polar surface area (TPSA) is 37.8 Å². The molecule has 0 atom stereocenters. The second-order valence-electron chi connectivity index (χ2n) is 5.00. The van der Waals surface area contributed by atoms with Crippen molar-refractivity contribution in [1.82, 2.24) is 9.97 Å². The average molecular weight is 307 g/mol. The van der Waals surface area contributed by atoms with Crippen LogP contribution in [0, 0.1) is 5.82 Å². The zero-order chi connectivity index (χ0) is 15.1. The van der Waals surface area contributed by atoms with E-state index in [1.165, 1.54) is 12.1 Å². The van der Waals surface area contributed by atoms with Crippen molar-refractivity contribution in [2.24, 2.45) is 0 Å². The number of rotatable bonds is 8. The lowest BCUT2D eigenvalue weighted by Gasteiger charge is -2.10. The van der Waals surface area contributed by atoms with Crippen molar-refractivity contribution in [3.8, 4) is 0 Å². The first kappa shape index (κ1) is 16.0. The largest absolute Gasteiger partial charge is 0.369 e. The third-order valence-corrected chi connectivity index (χ3v) is 4.12. The molecule has 0 bridgehead atoms. The van der Waals surface area contributed by atoms with E-state index in [1.54, 1.807) is 17.8 Å². The normalized spacial score (nSPS) is 11.0. The number of halogens is 1. The Labute approximate surface area is 129 Å². The average Bonchev–Trinajstić information content (AvgIpc) is 2.48. The number of unbranched alkanes of at least 4 members (excludes halogenated alkanes) is 2. The summed E-state index contributed by atoms with van der Waals surface area (Å²) in [5, 5.41) is 4.84. The van der Waals surface area contributed by atoms with Crippen molar-refractivity contribution in [2.75, 3.05) is 17.6 Å². The van der Waals surface area contributed by atoms with Crippen LogP contribution in [0.25, 0.3) is 10.9 Å². The van der Waals surface area contributed by atoms with Gasteiger partial charge in [-0.25, -0.2) is 14.4 Å². The Morgan fingerprint density at radius 2 is 1.95 bits per heavy atom. The maximum absolute atomic E-state index is 13.5. The summed E-state index contributed by atoms with van der Waals surface area (Å²) in [7, 11) is 0. The molecular weight excluding hydrogens is 285 g/mol. The summed E-state index contributed by atoms with van der Waals surface area (Å²) in [4.78, 5) is 9.08. The van der Waals surface area contributed by atoms with Gasteiger partial charge in [0.25, 0.3) is 0 Å². The van der Waals surface area contributed by atoms with Gasteiger partial charge in [0.2, 0.25) is 0 Å². The first-order valence-electron chi connectivity index (χ1n) is 7.58. The van der Waals surface area contributed by atoms with Gasteiger partial charge in [-0.15, -0.1) is 0 Å². The predicted octanol–water partition coefficient (Wildman–Crippen LogP) is 4.87. The molecule has 21 heavy (non-hydrogen) atoms. The molecule has 3 nitrogen and oxygen atoms in total. The van der Waals surface area contributed by atoms with Crippen LogP contribution in [-0.2, 0) is 0 Å². The van der Waals surface area contributed by atoms with Crippen molar-refractivity contribution >= 4 is 28.5 Å². The van der Waals surface area contributed by atoms with Crippen LogP contribution in [-0.4, -0.2) is 22.3 Å². The summed E-state index contributed by atoms with van der Waals surface area (Å²) in [6.45, 7) is 5.16. The Balaban J connectivity index is 2.28. The molecule has 1 N–H and O–H groups in total. The summed E-state index contributed by atoms with van der Waals surface area (Å²) in [6.07, 6.45) is 4.49. The number of fused-ring (bicyclic) bond motifs is 1. The molecule has 114 valence electrons. The summed E-state index contributed by atoms with van der Waals surface area (Å²) in [6, 6.07) is 4.68. The van der Waals surface area contributed by atoms with Crippen LogP contribution >= 0.6 is 11.8 Å². The van der Waals surface area contributed by atoms with Crippen LogP contribution in [0.4, 0.5) is 10.2 Å². The van der Waals surface area contributed by atoms with E-state index in [9.17, 15) is 4.39 Å². The molecule has 1 heterocycles. The van der Waals surface area contributed by atoms with Gasteiger partial charge >= 0.3 is 0 Å². The Bertz CT molecular complexity index is 589. The van der Waals surface area contributed by atoms with Crippen LogP contribution in [0.3, 0.4) is 0 Å². The smallest absolute Gasteiger partial charge is 0.190 e. The lowest BCUT2D eigenvalue weighted by Crippen LogP contribution is -2.05. The molecule has 2 aromatic rings. The first-order chi connectivity index (χ1) is 10.2. The zero-order valence-electron chi connectivity index (χ0n) is 12.7. The number of anilines is 1. The highest BCUT2D eigenvalue weighted by Crippen LogP contribution is 2.25. The minimum atomic E-state index is -0.254. The van der Waals surface area contributed by atoms with E-state index in [1.807, 2.05) is 0 Å². The summed E-state index contributed by atoms with van der Waals surface area (Å²) in [5.74, 6) is 1.50. The third-order valence-electron chi connectivity index (χ3n) is 3.19. The predicted molar refractivity (Wildman–Crippen MR) is 88.5 cm³/mol. The lowest BCUT2D eigenvalue weighted by atomic mass is 10.2. The molecule has 0 radical (unpaired) electrons. The van der Waals surface area contributed by atoms with Gasteiger partial charge in [0, 0.05) is 17.7 Å². The first-order valence-corrected chi connectivity index (χ1v) is 8.57. The SMILES string of the molecule is CCCCNc1nc(SCCCC)nc2ccc(F)cc12. The Kier molecular flexibility index (Phi) is 6.23. The maximum Gasteiger partial charge on any atom is 0.190 e. The highest BCUT2D eigenvalue weighted by molar-refractivity contribution is 7.99. The fourth-order valence-electron chi connectivity index (χ4n) is 1.97. The van der Waals surface area contributed by atoms with Crippen molar-refractivity contribution in [2.45, 2.75) is 44.7 Å². The van der Waals surface area contributed by atoms with Gasteiger partial charge in [0.15, 0.2) is 5.16 Å². The molecule has 2 rings (SSSR count). The second kappa shape index (κ2) is 8.17. The van der Waals surface area contributed by atoms with Gasteiger partial charge in [-0.1, -0.05) is 38.5 Å². The maximum atomic E-state index is 13.5. The second-order valence-corrected chi connectivity index (χ2v) is 6.06. The highest BCUT2D eigenvalue weighted by atomic mass is 32.2. The number of nitrogens with zero attached hydrogens (tertiary/aromatic N) is 2. The van der Waals surface area contributed by atoms with Crippen LogP contribution in [0.1, 0.15) is 39.5 Å². The van der Waals surface area contributed by atoms with Gasteiger partial charge < -0.3 is 5.32 Å². The Hall–Kier alpha value is -1.36.